The third-order valence-electron chi connectivity index (χ3n) is 1.24. The van der Waals surface area contributed by atoms with Gasteiger partial charge in [-0.1, -0.05) is 0 Å². The summed E-state index contributed by atoms with van der Waals surface area (Å²) in [7, 11) is -7.32. The molecule has 14 heteroatoms. The van der Waals surface area contributed by atoms with E-state index in [4.69, 9.17) is 41.6 Å². The molecule has 0 spiro atoms. The SMILES string of the molecule is NC(OB(O)O)C(N)(OB(O)O)OB(O)O. The summed E-state index contributed by atoms with van der Waals surface area (Å²) >= 11 is 0. The van der Waals surface area contributed by atoms with Crippen molar-refractivity contribution in [2.45, 2.75) is 12.1 Å². The van der Waals surface area contributed by atoms with Crippen LogP contribution in [0.4, 0.5) is 0 Å². The van der Waals surface area contributed by atoms with Gasteiger partial charge in [0.15, 0.2) is 6.23 Å². The highest BCUT2D eigenvalue weighted by Gasteiger charge is 2.44. The van der Waals surface area contributed by atoms with Gasteiger partial charge in [-0.3, -0.25) is 5.73 Å². The minimum Gasteiger partial charge on any atom is -0.402 e. The van der Waals surface area contributed by atoms with Crippen LogP contribution in [-0.4, -0.2) is 64.2 Å². The molecule has 92 valence electrons. The summed E-state index contributed by atoms with van der Waals surface area (Å²) in [5, 5.41) is 50.6. The first-order chi connectivity index (χ1) is 7.17. The number of rotatable bonds is 7. The Morgan fingerprint density at radius 3 is 1.50 bits per heavy atom. The van der Waals surface area contributed by atoms with E-state index in [0.717, 1.165) is 0 Å². The fourth-order valence-electron chi connectivity index (χ4n) is 0.717. The second-order valence-electron chi connectivity index (χ2n) is 2.49. The van der Waals surface area contributed by atoms with Crippen molar-refractivity contribution >= 4 is 22.0 Å². The largest absolute Gasteiger partial charge is 0.637 e. The van der Waals surface area contributed by atoms with Crippen LogP contribution in [0.5, 0.6) is 0 Å². The molecule has 0 radical (unpaired) electrons. The van der Waals surface area contributed by atoms with E-state index in [9.17, 15) is 0 Å². The smallest absolute Gasteiger partial charge is 0.402 e. The Balaban J connectivity index is 4.62. The van der Waals surface area contributed by atoms with Crippen LogP contribution in [0.1, 0.15) is 0 Å². The molecule has 16 heavy (non-hydrogen) atoms. The number of nitrogens with two attached hydrogens (primary N) is 2. The van der Waals surface area contributed by atoms with Gasteiger partial charge in [0.25, 0.3) is 0 Å². The molecule has 0 rings (SSSR count). The third-order valence-corrected chi connectivity index (χ3v) is 1.24. The van der Waals surface area contributed by atoms with Crippen molar-refractivity contribution in [1.82, 2.24) is 0 Å². The van der Waals surface area contributed by atoms with Crippen LogP contribution in [0.25, 0.3) is 0 Å². The summed E-state index contributed by atoms with van der Waals surface area (Å²) in [4.78, 5) is 0. The first kappa shape index (κ1) is 15.8. The first-order valence-electron chi connectivity index (χ1n) is 3.81. The number of hydrogen-bond donors (Lipinski definition) is 8. The van der Waals surface area contributed by atoms with E-state index in [1.165, 1.54) is 0 Å². The molecule has 0 bridgehead atoms. The molecular formula is C2H11B3N2O9. The lowest BCUT2D eigenvalue weighted by Gasteiger charge is -2.34. The molecule has 0 aromatic rings. The summed E-state index contributed by atoms with van der Waals surface area (Å²) in [6.07, 6.45) is -1.96. The van der Waals surface area contributed by atoms with E-state index < -0.39 is 34.1 Å². The summed E-state index contributed by atoms with van der Waals surface area (Å²) in [5.74, 6) is -2.73. The van der Waals surface area contributed by atoms with Crippen molar-refractivity contribution in [2.24, 2.45) is 11.5 Å². The second-order valence-corrected chi connectivity index (χ2v) is 2.49. The fraction of sp³-hybridized carbons (Fsp3) is 1.00. The van der Waals surface area contributed by atoms with Crippen molar-refractivity contribution in [3.05, 3.63) is 0 Å². The minimum absolute atomic E-state index is 1.96. The van der Waals surface area contributed by atoms with Gasteiger partial charge < -0.3 is 49.8 Å². The third kappa shape index (κ3) is 5.73. The minimum atomic E-state index is -2.73. The topological polar surface area (TPSA) is 201 Å². The molecule has 1 unspecified atom stereocenters. The molecule has 11 nitrogen and oxygen atoms in total. The quantitative estimate of drug-likeness (QED) is 0.155. The zero-order valence-electron chi connectivity index (χ0n) is 7.87. The van der Waals surface area contributed by atoms with E-state index in [0.29, 0.717) is 0 Å². The Kier molecular flexibility index (Phi) is 6.38. The summed E-state index contributed by atoms with van der Waals surface area (Å²) in [6, 6.07) is 0. The normalized spacial score (nSPS) is 13.5. The molecule has 0 aliphatic carbocycles. The van der Waals surface area contributed by atoms with E-state index in [-0.39, 0.29) is 0 Å². The van der Waals surface area contributed by atoms with Gasteiger partial charge in [-0.25, -0.2) is 0 Å². The molecule has 0 aromatic heterocycles. The molecule has 0 saturated heterocycles. The van der Waals surface area contributed by atoms with E-state index >= 15 is 0 Å². The van der Waals surface area contributed by atoms with E-state index in [2.05, 4.69) is 14.0 Å². The Morgan fingerprint density at radius 2 is 1.25 bits per heavy atom. The molecule has 10 N–H and O–H groups in total. The summed E-state index contributed by atoms with van der Waals surface area (Å²) < 4.78 is 12.3. The average Bonchev–Trinajstić information content (AvgIpc) is 1.98. The predicted molar refractivity (Wildman–Crippen MR) is 48.7 cm³/mol. The van der Waals surface area contributed by atoms with Crippen LogP contribution >= 0.6 is 0 Å². The van der Waals surface area contributed by atoms with Gasteiger partial charge in [0.2, 0.25) is 5.91 Å². The Morgan fingerprint density at radius 1 is 0.875 bits per heavy atom. The van der Waals surface area contributed by atoms with Gasteiger partial charge in [-0.2, -0.15) is 0 Å². The van der Waals surface area contributed by atoms with Crippen molar-refractivity contribution in [1.29, 1.82) is 0 Å². The van der Waals surface area contributed by atoms with Crippen LogP contribution < -0.4 is 11.5 Å². The van der Waals surface area contributed by atoms with E-state index in [1.807, 2.05) is 0 Å². The Bertz CT molecular complexity index is 193. The van der Waals surface area contributed by atoms with E-state index in [1.54, 1.807) is 0 Å². The highest BCUT2D eigenvalue weighted by atomic mass is 16.8. The van der Waals surface area contributed by atoms with Gasteiger partial charge in [-0.05, 0) is 0 Å². The molecule has 0 aromatic carbocycles. The molecule has 0 aliphatic rings. The maximum atomic E-state index is 8.46. The average molecular weight is 240 g/mol. The van der Waals surface area contributed by atoms with Crippen LogP contribution in [-0.2, 0) is 14.0 Å². The van der Waals surface area contributed by atoms with Crippen LogP contribution in [0.15, 0.2) is 0 Å². The number of hydrogen-bond acceptors (Lipinski definition) is 11. The highest BCUT2D eigenvalue weighted by Crippen LogP contribution is 2.12. The van der Waals surface area contributed by atoms with Gasteiger partial charge in [0.1, 0.15) is 0 Å². The highest BCUT2D eigenvalue weighted by molar-refractivity contribution is 6.34. The molecule has 0 amide bonds. The maximum Gasteiger partial charge on any atom is 0.637 e. The summed E-state index contributed by atoms with van der Waals surface area (Å²) in [5.41, 5.74) is 10.2. The molecule has 0 fully saturated rings. The first-order valence-corrected chi connectivity index (χ1v) is 3.81. The lowest BCUT2D eigenvalue weighted by Crippen LogP contribution is -2.65. The maximum absolute atomic E-state index is 8.46. The molecule has 0 saturated carbocycles. The van der Waals surface area contributed by atoms with Crippen LogP contribution in [0.3, 0.4) is 0 Å². The second kappa shape index (κ2) is 6.48. The van der Waals surface area contributed by atoms with Crippen LogP contribution in [0.2, 0.25) is 0 Å². The van der Waals surface area contributed by atoms with Gasteiger partial charge in [-0.15, -0.1) is 0 Å². The Labute approximate surface area is 90.7 Å². The predicted octanol–water partition coefficient (Wildman–Crippen LogP) is -6.16. The lowest BCUT2D eigenvalue weighted by atomic mass is 10.2. The molecule has 0 heterocycles. The molecule has 0 aliphatic heterocycles. The van der Waals surface area contributed by atoms with Gasteiger partial charge in [0.05, 0.1) is 0 Å². The summed E-state index contributed by atoms with van der Waals surface area (Å²) in [6.45, 7) is 0. The Hall–Kier alpha value is -0.245. The van der Waals surface area contributed by atoms with Crippen molar-refractivity contribution in [3.8, 4) is 0 Å². The standard InChI is InChI=1S/C2H11B3N2O9/c6-1(14-3(8)9)2(7,15-4(10)11)16-5(12)13/h1,8-13H,6-7H2. The fourth-order valence-corrected chi connectivity index (χ4v) is 0.717. The van der Waals surface area contributed by atoms with Gasteiger partial charge in [0, 0.05) is 0 Å². The van der Waals surface area contributed by atoms with Crippen LogP contribution in [0, 0.1) is 0 Å². The molecule has 1 atom stereocenters. The van der Waals surface area contributed by atoms with Crippen molar-refractivity contribution in [2.75, 3.05) is 0 Å². The lowest BCUT2D eigenvalue weighted by molar-refractivity contribution is -0.210. The zero-order chi connectivity index (χ0) is 12.9. The van der Waals surface area contributed by atoms with Gasteiger partial charge >= 0.3 is 22.0 Å². The monoisotopic (exact) mass is 240 g/mol. The molecular weight excluding hydrogens is 228 g/mol. The van der Waals surface area contributed by atoms with Crippen molar-refractivity contribution < 1.29 is 44.1 Å². The zero-order valence-corrected chi connectivity index (χ0v) is 7.87. The van der Waals surface area contributed by atoms with Crippen molar-refractivity contribution in [3.63, 3.8) is 0 Å².